The smallest absolute Gasteiger partial charge is 0.272 e. The van der Waals surface area contributed by atoms with Crippen molar-refractivity contribution >= 4 is 5.69 Å². The van der Waals surface area contributed by atoms with Crippen molar-refractivity contribution in [1.82, 2.24) is 10.1 Å². The van der Waals surface area contributed by atoms with Gasteiger partial charge in [-0.2, -0.15) is 4.98 Å². The molecule has 1 unspecified atom stereocenters. The molecule has 1 atom stereocenters. The van der Waals surface area contributed by atoms with Gasteiger partial charge in [-0.05, 0) is 25.5 Å². The number of nitrogens with two attached hydrogens (primary N) is 1. The van der Waals surface area contributed by atoms with Gasteiger partial charge in [0.25, 0.3) is 11.6 Å². The Hall–Kier alpha value is -2.28. The highest BCUT2D eigenvalue weighted by molar-refractivity contribution is 5.58. The molecule has 0 spiro atoms. The van der Waals surface area contributed by atoms with Crippen molar-refractivity contribution in [3.05, 3.63) is 39.7 Å². The number of nitrogens with zero attached hydrogens (tertiary/aromatic N) is 3. The van der Waals surface area contributed by atoms with Gasteiger partial charge >= 0.3 is 0 Å². The molecule has 0 saturated heterocycles. The maximum absolute atomic E-state index is 10.8. The fraction of sp³-hybridized carbons (Fsp3) is 0.385. The van der Waals surface area contributed by atoms with E-state index < -0.39 is 4.92 Å². The van der Waals surface area contributed by atoms with Gasteiger partial charge in [-0.3, -0.25) is 10.1 Å². The van der Waals surface area contributed by atoms with Crippen LogP contribution in [0, 0.1) is 17.0 Å². The van der Waals surface area contributed by atoms with Gasteiger partial charge in [0.05, 0.1) is 4.92 Å². The van der Waals surface area contributed by atoms with Crippen molar-refractivity contribution in [3.63, 3.8) is 0 Å². The summed E-state index contributed by atoms with van der Waals surface area (Å²) < 4.78 is 5.16. The second-order valence-electron chi connectivity index (χ2n) is 4.65. The first-order valence-electron chi connectivity index (χ1n) is 6.34. The summed E-state index contributed by atoms with van der Waals surface area (Å²) in [6, 6.07) is 4.70. The van der Waals surface area contributed by atoms with Gasteiger partial charge in [0.1, 0.15) is 0 Å². The molecule has 0 amide bonds. The monoisotopic (exact) mass is 276 g/mol. The third-order valence-corrected chi connectivity index (χ3v) is 3.08. The fourth-order valence-corrected chi connectivity index (χ4v) is 1.83. The molecule has 0 aliphatic carbocycles. The Bertz CT molecular complexity index is 624. The van der Waals surface area contributed by atoms with E-state index in [0.717, 1.165) is 6.42 Å². The van der Waals surface area contributed by atoms with Crippen molar-refractivity contribution < 1.29 is 9.45 Å². The van der Waals surface area contributed by atoms with Gasteiger partial charge in [-0.15, -0.1) is 0 Å². The van der Waals surface area contributed by atoms with Crippen LogP contribution in [0.3, 0.4) is 0 Å². The van der Waals surface area contributed by atoms with Gasteiger partial charge in [-0.1, -0.05) is 12.1 Å². The van der Waals surface area contributed by atoms with E-state index in [0.29, 0.717) is 29.3 Å². The van der Waals surface area contributed by atoms with Crippen LogP contribution in [0.2, 0.25) is 0 Å². The molecule has 0 saturated carbocycles. The molecule has 1 heterocycles. The van der Waals surface area contributed by atoms with E-state index in [4.69, 9.17) is 10.3 Å². The molecule has 2 rings (SSSR count). The number of hydrogen-bond donors (Lipinski definition) is 1. The number of aromatic nitrogens is 2. The van der Waals surface area contributed by atoms with Crippen LogP contribution in [0.15, 0.2) is 22.7 Å². The van der Waals surface area contributed by atoms with Crippen LogP contribution >= 0.6 is 0 Å². The van der Waals surface area contributed by atoms with Crippen LogP contribution in [-0.4, -0.2) is 21.1 Å². The highest BCUT2D eigenvalue weighted by Crippen LogP contribution is 2.25. The van der Waals surface area contributed by atoms with Crippen LogP contribution in [0.1, 0.15) is 24.7 Å². The van der Waals surface area contributed by atoms with Crippen molar-refractivity contribution in [3.8, 4) is 11.5 Å². The molecule has 0 aliphatic rings. The van der Waals surface area contributed by atoms with Crippen molar-refractivity contribution in [1.29, 1.82) is 0 Å². The first kappa shape index (κ1) is 14.1. The second-order valence-corrected chi connectivity index (χ2v) is 4.65. The second kappa shape index (κ2) is 5.79. The number of hydrogen-bond acceptors (Lipinski definition) is 6. The lowest BCUT2D eigenvalue weighted by atomic mass is 10.1. The van der Waals surface area contributed by atoms with E-state index in [-0.39, 0.29) is 11.7 Å². The van der Waals surface area contributed by atoms with Crippen molar-refractivity contribution in [2.45, 2.75) is 32.7 Å². The first-order valence-corrected chi connectivity index (χ1v) is 6.34. The Balaban J connectivity index is 2.24. The summed E-state index contributed by atoms with van der Waals surface area (Å²) >= 11 is 0. The quantitative estimate of drug-likeness (QED) is 0.662. The number of benzene rings is 1. The Labute approximate surface area is 115 Å². The molecule has 7 heteroatoms. The van der Waals surface area contributed by atoms with E-state index in [1.165, 1.54) is 6.07 Å². The fourth-order valence-electron chi connectivity index (χ4n) is 1.83. The topological polar surface area (TPSA) is 108 Å². The normalized spacial score (nSPS) is 12.3. The summed E-state index contributed by atoms with van der Waals surface area (Å²) in [5.74, 6) is 0.895. The van der Waals surface area contributed by atoms with E-state index in [2.05, 4.69) is 10.1 Å². The summed E-state index contributed by atoms with van der Waals surface area (Å²) in [6.07, 6.45) is 1.38. The van der Waals surface area contributed by atoms with Crippen LogP contribution in [-0.2, 0) is 6.42 Å². The summed E-state index contributed by atoms with van der Waals surface area (Å²) in [5.41, 5.74) is 7.12. The third-order valence-electron chi connectivity index (χ3n) is 3.08. The van der Waals surface area contributed by atoms with E-state index in [1.54, 1.807) is 19.1 Å². The van der Waals surface area contributed by atoms with Gasteiger partial charge in [0.2, 0.25) is 0 Å². The summed E-state index contributed by atoms with van der Waals surface area (Å²) in [5, 5.41) is 14.6. The zero-order chi connectivity index (χ0) is 14.7. The van der Waals surface area contributed by atoms with Gasteiger partial charge in [0.15, 0.2) is 5.82 Å². The molecule has 1 aromatic carbocycles. The lowest BCUT2D eigenvalue weighted by molar-refractivity contribution is -0.385. The summed E-state index contributed by atoms with van der Waals surface area (Å²) in [7, 11) is 0. The highest BCUT2D eigenvalue weighted by atomic mass is 16.6. The van der Waals surface area contributed by atoms with Gasteiger partial charge in [-0.25, -0.2) is 0 Å². The first-order chi connectivity index (χ1) is 9.51. The molecule has 0 aliphatic heterocycles. The highest BCUT2D eigenvalue weighted by Gasteiger charge is 2.15. The minimum Gasteiger partial charge on any atom is -0.334 e. The maximum Gasteiger partial charge on any atom is 0.272 e. The molecule has 1 aromatic heterocycles. The lowest BCUT2D eigenvalue weighted by Crippen LogP contribution is -2.21. The summed E-state index contributed by atoms with van der Waals surface area (Å²) in [6.45, 7) is 3.66. The minimum atomic E-state index is -0.418. The standard InChI is InChI=1S/C13H16N4O3/c1-3-10(14)7-12-15-13(20-16-12)9-4-5-11(17(18)19)8(2)6-9/h4-6,10H,3,7,14H2,1-2H3. The minimum absolute atomic E-state index is 0.000883. The van der Waals surface area contributed by atoms with Gasteiger partial charge in [0, 0.05) is 29.7 Å². The zero-order valence-corrected chi connectivity index (χ0v) is 11.4. The maximum atomic E-state index is 10.8. The molecule has 20 heavy (non-hydrogen) atoms. The van der Waals surface area contributed by atoms with Crippen molar-refractivity contribution in [2.24, 2.45) is 5.73 Å². The Kier molecular flexibility index (Phi) is 4.09. The Morgan fingerprint density at radius 3 is 2.85 bits per heavy atom. The molecule has 0 fully saturated rings. The predicted molar refractivity (Wildman–Crippen MR) is 73.1 cm³/mol. The average Bonchev–Trinajstić information content (AvgIpc) is 2.86. The third kappa shape index (κ3) is 3.00. The largest absolute Gasteiger partial charge is 0.334 e. The van der Waals surface area contributed by atoms with Crippen molar-refractivity contribution in [2.75, 3.05) is 0 Å². The molecule has 2 aromatic rings. The van der Waals surface area contributed by atoms with Crippen LogP contribution < -0.4 is 5.73 Å². The average molecular weight is 276 g/mol. The van der Waals surface area contributed by atoms with Crippen LogP contribution in [0.5, 0.6) is 0 Å². The molecule has 7 nitrogen and oxygen atoms in total. The molecular formula is C13H16N4O3. The number of aryl methyl sites for hydroxylation is 1. The Morgan fingerprint density at radius 1 is 1.50 bits per heavy atom. The number of rotatable bonds is 5. The molecule has 0 bridgehead atoms. The van der Waals surface area contributed by atoms with Gasteiger partial charge < -0.3 is 10.3 Å². The molecular weight excluding hydrogens is 260 g/mol. The number of nitro groups is 1. The molecule has 0 radical (unpaired) electrons. The summed E-state index contributed by atoms with van der Waals surface area (Å²) in [4.78, 5) is 14.6. The molecule has 2 N–H and O–H groups in total. The lowest BCUT2D eigenvalue weighted by Gasteiger charge is -2.02. The van der Waals surface area contributed by atoms with Crippen LogP contribution in [0.4, 0.5) is 5.69 Å². The van der Waals surface area contributed by atoms with Crippen LogP contribution in [0.25, 0.3) is 11.5 Å². The predicted octanol–water partition coefficient (Wildman–Crippen LogP) is 2.23. The zero-order valence-electron chi connectivity index (χ0n) is 11.4. The SMILES string of the molecule is CCC(N)Cc1noc(-c2ccc([N+](=O)[O-])c(C)c2)n1. The Morgan fingerprint density at radius 2 is 2.25 bits per heavy atom. The molecule has 106 valence electrons. The number of nitro benzene ring substituents is 1. The van der Waals surface area contributed by atoms with E-state index >= 15 is 0 Å². The van der Waals surface area contributed by atoms with E-state index in [9.17, 15) is 10.1 Å². The van der Waals surface area contributed by atoms with E-state index in [1.807, 2.05) is 6.92 Å².